The fraction of sp³-hybridized carbons (Fsp3) is 0.294. The zero-order chi connectivity index (χ0) is 14.5. The molecule has 0 saturated heterocycles. The maximum Gasteiger partial charge on any atom is 0.130 e. The first-order valence-corrected chi connectivity index (χ1v) is 7.89. The van der Waals surface area contributed by atoms with Crippen molar-refractivity contribution in [2.75, 3.05) is 0 Å². The molecule has 2 aromatic carbocycles. The lowest BCUT2D eigenvalue weighted by atomic mass is 10.1. The average Bonchev–Trinajstić information content (AvgIpc) is 2.41. The van der Waals surface area contributed by atoms with Crippen LogP contribution in [0.15, 0.2) is 42.5 Å². The lowest BCUT2D eigenvalue weighted by Gasteiger charge is -2.12. The Hall–Kier alpha value is -1.07. The highest BCUT2D eigenvalue weighted by Crippen LogP contribution is 2.26. The highest BCUT2D eigenvalue weighted by atomic mass is 127. The van der Waals surface area contributed by atoms with Gasteiger partial charge >= 0.3 is 0 Å². The van der Waals surface area contributed by atoms with Gasteiger partial charge in [0, 0.05) is 16.2 Å². The Bertz CT molecular complexity index is 564. The van der Waals surface area contributed by atoms with Gasteiger partial charge in [0.2, 0.25) is 0 Å². The summed E-state index contributed by atoms with van der Waals surface area (Å²) in [6.45, 7) is 7.28. The van der Waals surface area contributed by atoms with E-state index in [0.29, 0.717) is 6.04 Å². The van der Waals surface area contributed by atoms with Crippen LogP contribution in [-0.2, 0) is 6.54 Å². The minimum absolute atomic E-state index is 0.498. The van der Waals surface area contributed by atoms with Crippen LogP contribution < -0.4 is 10.1 Å². The van der Waals surface area contributed by atoms with Crippen molar-refractivity contribution in [2.24, 2.45) is 0 Å². The van der Waals surface area contributed by atoms with Crippen LogP contribution in [-0.4, -0.2) is 6.04 Å². The van der Waals surface area contributed by atoms with E-state index in [1.807, 2.05) is 30.3 Å². The molecule has 0 amide bonds. The summed E-state index contributed by atoms with van der Waals surface area (Å²) in [6.07, 6.45) is 0. The van der Waals surface area contributed by atoms with Crippen molar-refractivity contribution in [2.45, 2.75) is 33.4 Å². The second-order valence-corrected chi connectivity index (χ2v) is 6.44. The van der Waals surface area contributed by atoms with Crippen molar-refractivity contribution in [1.82, 2.24) is 5.32 Å². The van der Waals surface area contributed by atoms with E-state index in [9.17, 15) is 0 Å². The topological polar surface area (TPSA) is 21.3 Å². The number of rotatable bonds is 5. The predicted molar refractivity (Wildman–Crippen MR) is 92.4 cm³/mol. The molecule has 2 rings (SSSR count). The first-order valence-electron chi connectivity index (χ1n) is 6.81. The average molecular weight is 381 g/mol. The first kappa shape index (κ1) is 15.3. The minimum Gasteiger partial charge on any atom is -0.457 e. The van der Waals surface area contributed by atoms with Gasteiger partial charge in [0.25, 0.3) is 0 Å². The second-order valence-electron chi connectivity index (χ2n) is 5.19. The summed E-state index contributed by atoms with van der Waals surface area (Å²) in [7, 11) is 0. The van der Waals surface area contributed by atoms with Crippen LogP contribution >= 0.6 is 22.6 Å². The highest BCUT2D eigenvalue weighted by Gasteiger charge is 2.03. The maximum absolute atomic E-state index is 5.92. The van der Waals surface area contributed by atoms with Gasteiger partial charge in [-0.15, -0.1) is 0 Å². The summed E-state index contributed by atoms with van der Waals surface area (Å²) in [5.41, 5.74) is 2.44. The van der Waals surface area contributed by atoms with Gasteiger partial charge < -0.3 is 10.1 Å². The third-order valence-corrected chi connectivity index (χ3v) is 3.71. The Morgan fingerprint density at radius 1 is 1.10 bits per heavy atom. The summed E-state index contributed by atoms with van der Waals surface area (Å²) >= 11 is 2.29. The number of benzene rings is 2. The summed E-state index contributed by atoms with van der Waals surface area (Å²) in [6, 6.07) is 14.9. The molecule has 0 aromatic heterocycles. The van der Waals surface area contributed by atoms with Crippen molar-refractivity contribution in [3.05, 3.63) is 57.2 Å². The SMILES string of the molecule is Cc1cc(CNC(C)C)ccc1Oc1ccc(I)cc1. The molecule has 0 aliphatic rings. The van der Waals surface area contributed by atoms with Gasteiger partial charge in [0.05, 0.1) is 0 Å². The van der Waals surface area contributed by atoms with E-state index in [4.69, 9.17) is 4.74 Å². The molecule has 20 heavy (non-hydrogen) atoms. The summed E-state index contributed by atoms with van der Waals surface area (Å²) < 4.78 is 7.13. The molecule has 0 saturated carbocycles. The molecule has 2 nitrogen and oxygen atoms in total. The van der Waals surface area contributed by atoms with Crippen LogP contribution in [0.4, 0.5) is 0 Å². The molecule has 0 spiro atoms. The highest BCUT2D eigenvalue weighted by molar-refractivity contribution is 14.1. The van der Waals surface area contributed by atoms with E-state index in [2.05, 4.69) is 60.8 Å². The van der Waals surface area contributed by atoms with E-state index < -0.39 is 0 Å². The van der Waals surface area contributed by atoms with Gasteiger partial charge in [-0.3, -0.25) is 0 Å². The zero-order valence-electron chi connectivity index (χ0n) is 12.1. The molecule has 0 fully saturated rings. The number of hydrogen-bond acceptors (Lipinski definition) is 2. The molecule has 0 unspecified atom stereocenters. The fourth-order valence-corrected chi connectivity index (χ4v) is 2.25. The van der Waals surface area contributed by atoms with E-state index in [-0.39, 0.29) is 0 Å². The summed E-state index contributed by atoms with van der Waals surface area (Å²) in [5, 5.41) is 3.42. The Kier molecular flexibility index (Phi) is 5.43. The van der Waals surface area contributed by atoms with Gasteiger partial charge in [-0.2, -0.15) is 0 Å². The Balaban J connectivity index is 2.07. The fourth-order valence-electron chi connectivity index (χ4n) is 1.89. The molecule has 0 radical (unpaired) electrons. The third kappa shape index (κ3) is 4.49. The molecule has 0 aliphatic heterocycles. The van der Waals surface area contributed by atoms with Gasteiger partial charge in [-0.25, -0.2) is 0 Å². The third-order valence-electron chi connectivity index (χ3n) is 3.00. The molecular formula is C17H20INO. The zero-order valence-corrected chi connectivity index (χ0v) is 14.3. The van der Waals surface area contributed by atoms with Crippen LogP contribution in [0.3, 0.4) is 0 Å². The molecule has 3 heteroatoms. The maximum atomic E-state index is 5.92. The smallest absolute Gasteiger partial charge is 0.130 e. The largest absolute Gasteiger partial charge is 0.457 e. The van der Waals surface area contributed by atoms with E-state index in [1.54, 1.807) is 0 Å². The van der Waals surface area contributed by atoms with Crippen LogP contribution in [0.25, 0.3) is 0 Å². The standard InChI is InChI=1S/C17H20INO/c1-12(2)19-11-14-4-9-17(13(3)10-14)20-16-7-5-15(18)6-8-16/h4-10,12,19H,11H2,1-3H3. The van der Waals surface area contributed by atoms with Crippen LogP contribution in [0, 0.1) is 10.5 Å². The van der Waals surface area contributed by atoms with E-state index in [0.717, 1.165) is 23.6 Å². The van der Waals surface area contributed by atoms with Gasteiger partial charge in [0.1, 0.15) is 11.5 Å². The number of nitrogens with one attached hydrogen (secondary N) is 1. The monoisotopic (exact) mass is 381 g/mol. The molecule has 0 aliphatic carbocycles. The van der Waals surface area contributed by atoms with Crippen molar-refractivity contribution < 1.29 is 4.74 Å². The van der Waals surface area contributed by atoms with Gasteiger partial charge in [-0.05, 0) is 71.0 Å². The van der Waals surface area contributed by atoms with Gasteiger partial charge in [0.15, 0.2) is 0 Å². The second kappa shape index (κ2) is 7.09. The van der Waals surface area contributed by atoms with Crippen LogP contribution in [0.5, 0.6) is 11.5 Å². The quantitative estimate of drug-likeness (QED) is 0.745. The summed E-state index contributed by atoms with van der Waals surface area (Å²) in [5.74, 6) is 1.79. The Morgan fingerprint density at radius 2 is 1.80 bits per heavy atom. The van der Waals surface area contributed by atoms with Gasteiger partial charge in [-0.1, -0.05) is 26.0 Å². The van der Waals surface area contributed by atoms with Crippen molar-refractivity contribution in [1.29, 1.82) is 0 Å². The normalized spacial score (nSPS) is 10.8. The van der Waals surface area contributed by atoms with E-state index >= 15 is 0 Å². The molecule has 0 bridgehead atoms. The number of hydrogen-bond donors (Lipinski definition) is 1. The molecule has 2 aromatic rings. The molecular weight excluding hydrogens is 361 g/mol. The van der Waals surface area contributed by atoms with E-state index in [1.165, 1.54) is 9.13 Å². The number of aryl methyl sites for hydroxylation is 1. The number of halogens is 1. The molecule has 0 atom stereocenters. The summed E-state index contributed by atoms with van der Waals surface area (Å²) in [4.78, 5) is 0. The lowest BCUT2D eigenvalue weighted by molar-refractivity contribution is 0.478. The lowest BCUT2D eigenvalue weighted by Crippen LogP contribution is -2.21. The van der Waals surface area contributed by atoms with Crippen molar-refractivity contribution in [3.8, 4) is 11.5 Å². The Labute approximate surface area is 134 Å². The number of ether oxygens (including phenoxy) is 1. The Morgan fingerprint density at radius 3 is 2.40 bits per heavy atom. The first-order chi connectivity index (χ1) is 9.54. The predicted octanol–water partition coefficient (Wildman–Crippen LogP) is 4.89. The molecule has 1 N–H and O–H groups in total. The minimum atomic E-state index is 0.498. The molecule has 0 heterocycles. The van der Waals surface area contributed by atoms with Crippen molar-refractivity contribution in [3.63, 3.8) is 0 Å². The van der Waals surface area contributed by atoms with Crippen molar-refractivity contribution >= 4 is 22.6 Å². The van der Waals surface area contributed by atoms with Crippen LogP contribution in [0.2, 0.25) is 0 Å². The molecule has 106 valence electrons. The van der Waals surface area contributed by atoms with Crippen LogP contribution in [0.1, 0.15) is 25.0 Å².